The Hall–Kier alpha value is -2.60. The fourth-order valence-corrected chi connectivity index (χ4v) is 1.78. The number of nitro benzene ring substituents is 1. The van der Waals surface area contributed by atoms with Crippen molar-refractivity contribution in [2.75, 3.05) is 0 Å². The smallest absolute Gasteiger partial charge is 0.278 e. The monoisotopic (exact) mass is 275 g/mol. The summed E-state index contributed by atoms with van der Waals surface area (Å²) in [5, 5.41) is 29.8. The minimum Gasteiger partial charge on any atom is -0.504 e. The van der Waals surface area contributed by atoms with E-state index in [9.17, 15) is 15.2 Å². The molecule has 0 unspecified atom stereocenters. The summed E-state index contributed by atoms with van der Waals surface area (Å²) in [5.41, 5.74) is 0.411. The average Bonchev–Trinajstić information content (AvgIpc) is 2.46. The van der Waals surface area contributed by atoms with Crippen molar-refractivity contribution in [2.45, 2.75) is 13.2 Å². The van der Waals surface area contributed by atoms with Crippen molar-refractivity contribution in [3.05, 3.63) is 63.7 Å². The lowest BCUT2D eigenvalue weighted by molar-refractivity contribution is -0.386. The number of benzene rings is 2. The SMILES string of the molecule is O=[N+]([O-])c1ccc(OCc2ccccc2)c(O)c1CO. The van der Waals surface area contributed by atoms with E-state index < -0.39 is 17.3 Å². The number of nitro groups is 1. The van der Waals surface area contributed by atoms with Gasteiger partial charge in [-0.3, -0.25) is 10.1 Å². The zero-order valence-electron chi connectivity index (χ0n) is 10.5. The largest absolute Gasteiger partial charge is 0.504 e. The summed E-state index contributed by atoms with van der Waals surface area (Å²) >= 11 is 0. The summed E-state index contributed by atoms with van der Waals surface area (Å²) in [4.78, 5) is 10.1. The maximum absolute atomic E-state index is 10.8. The zero-order valence-corrected chi connectivity index (χ0v) is 10.5. The first-order valence-corrected chi connectivity index (χ1v) is 5.90. The minimum absolute atomic E-state index is 0.100. The van der Waals surface area contributed by atoms with Crippen LogP contribution in [0.2, 0.25) is 0 Å². The third-order valence-electron chi connectivity index (χ3n) is 2.81. The molecule has 0 saturated carbocycles. The van der Waals surface area contributed by atoms with Gasteiger partial charge in [-0.15, -0.1) is 0 Å². The van der Waals surface area contributed by atoms with Crippen molar-refractivity contribution in [1.29, 1.82) is 0 Å². The normalized spacial score (nSPS) is 10.2. The van der Waals surface area contributed by atoms with Crippen LogP contribution in [0.15, 0.2) is 42.5 Å². The van der Waals surface area contributed by atoms with E-state index in [4.69, 9.17) is 9.84 Å². The second-order valence-electron chi connectivity index (χ2n) is 4.10. The Labute approximate surface area is 115 Å². The molecule has 6 heteroatoms. The molecule has 2 aromatic rings. The molecule has 0 spiro atoms. The molecule has 20 heavy (non-hydrogen) atoms. The van der Waals surface area contributed by atoms with Crippen LogP contribution >= 0.6 is 0 Å². The first kappa shape index (κ1) is 13.8. The van der Waals surface area contributed by atoms with E-state index in [-0.39, 0.29) is 23.6 Å². The van der Waals surface area contributed by atoms with Crippen molar-refractivity contribution in [2.24, 2.45) is 0 Å². The maximum Gasteiger partial charge on any atom is 0.278 e. The summed E-state index contributed by atoms with van der Waals surface area (Å²) in [7, 11) is 0. The summed E-state index contributed by atoms with van der Waals surface area (Å²) in [5.74, 6) is -0.305. The van der Waals surface area contributed by atoms with Crippen molar-refractivity contribution >= 4 is 5.69 Å². The number of aliphatic hydroxyl groups is 1. The van der Waals surface area contributed by atoms with Crippen LogP contribution in [0.5, 0.6) is 11.5 Å². The molecule has 0 heterocycles. The van der Waals surface area contributed by atoms with E-state index in [0.29, 0.717) is 0 Å². The Morgan fingerprint density at radius 2 is 1.85 bits per heavy atom. The number of hydrogen-bond acceptors (Lipinski definition) is 5. The van der Waals surface area contributed by atoms with Gasteiger partial charge >= 0.3 is 0 Å². The van der Waals surface area contributed by atoms with Gasteiger partial charge in [0.15, 0.2) is 11.5 Å². The molecule has 0 aliphatic heterocycles. The third-order valence-corrected chi connectivity index (χ3v) is 2.81. The molecule has 0 atom stereocenters. The van der Waals surface area contributed by atoms with E-state index in [0.717, 1.165) is 5.56 Å². The number of nitrogens with zero attached hydrogens (tertiary/aromatic N) is 1. The quantitative estimate of drug-likeness (QED) is 0.645. The van der Waals surface area contributed by atoms with Gasteiger partial charge in [0, 0.05) is 6.07 Å². The lowest BCUT2D eigenvalue weighted by atomic mass is 10.1. The number of aromatic hydroxyl groups is 1. The second kappa shape index (κ2) is 6.03. The first-order chi connectivity index (χ1) is 9.63. The number of rotatable bonds is 5. The summed E-state index contributed by atoms with van der Waals surface area (Å²) < 4.78 is 5.42. The highest BCUT2D eigenvalue weighted by Gasteiger charge is 2.20. The van der Waals surface area contributed by atoms with E-state index in [1.165, 1.54) is 12.1 Å². The molecule has 2 rings (SSSR count). The summed E-state index contributed by atoms with van der Waals surface area (Å²) in [6, 6.07) is 11.8. The highest BCUT2D eigenvalue weighted by Crippen LogP contribution is 2.36. The van der Waals surface area contributed by atoms with Crippen LogP contribution in [0, 0.1) is 10.1 Å². The lowest BCUT2D eigenvalue weighted by Gasteiger charge is -2.10. The Balaban J connectivity index is 2.23. The molecule has 0 saturated heterocycles. The van der Waals surface area contributed by atoms with Crippen LogP contribution in [-0.4, -0.2) is 15.1 Å². The predicted molar refractivity (Wildman–Crippen MR) is 71.5 cm³/mol. The second-order valence-corrected chi connectivity index (χ2v) is 4.10. The number of aliphatic hydroxyl groups excluding tert-OH is 1. The molecule has 0 fully saturated rings. The molecule has 0 radical (unpaired) electrons. The van der Waals surface area contributed by atoms with Gasteiger partial charge in [-0.1, -0.05) is 30.3 Å². The van der Waals surface area contributed by atoms with E-state index in [1.54, 1.807) is 0 Å². The van der Waals surface area contributed by atoms with Crippen molar-refractivity contribution in [3.63, 3.8) is 0 Å². The van der Waals surface area contributed by atoms with Gasteiger partial charge in [-0.25, -0.2) is 0 Å². The molecule has 2 aromatic carbocycles. The molecular weight excluding hydrogens is 262 g/mol. The van der Waals surface area contributed by atoms with Gasteiger partial charge in [-0.2, -0.15) is 0 Å². The molecule has 0 aliphatic carbocycles. The van der Waals surface area contributed by atoms with Gasteiger partial charge in [0.2, 0.25) is 0 Å². The molecule has 0 amide bonds. The zero-order chi connectivity index (χ0) is 14.5. The fraction of sp³-hybridized carbons (Fsp3) is 0.143. The topological polar surface area (TPSA) is 92.8 Å². The summed E-state index contributed by atoms with van der Waals surface area (Å²) in [6.07, 6.45) is 0. The Bertz CT molecular complexity index is 612. The molecule has 104 valence electrons. The van der Waals surface area contributed by atoms with Crippen molar-refractivity contribution < 1.29 is 19.9 Å². The standard InChI is InChI=1S/C14H13NO5/c16-8-11-12(15(18)19)6-7-13(14(11)17)20-9-10-4-2-1-3-5-10/h1-7,16-17H,8-9H2. The van der Waals surface area contributed by atoms with Crippen molar-refractivity contribution in [1.82, 2.24) is 0 Å². The van der Waals surface area contributed by atoms with Crippen LogP contribution in [0.3, 0.4) is 0 Å². The highest BCUT2D eigenvalue weighted by molar-refractivity contribution is 5.56. The number of ether oxygens (including phenoxy) is 1. The third kappa shape index (κ3) is 2.86. The van der Waals surface area contributed by atoms with Crippen molar-refractivity contribution in [3.8, 4) is 11.5 Å². The minimum atomic E-state index is -0.660. The molecule has 0 aromatic heterocycles. The average molecular weight is 275 g/mol. The Morgan fingerprint density at radius 3 is 2.45 bits per heavy atom. The number of phenols is 1. The van der Waals surface area contributed by atoms with Gasteiger partial charge in [0.05, 0.1) is 11.5 Å². The van der Waals surface area contributed by atoms with E-state index in [1.807, 2.05) is 30.3 Å². The van der Waals surface area contributed by atoms with Gasteiger partial charge in [0.25, 0.3) is 5.69 Å². The molecule has 2 N–H and O–H groups in total. The van der Waals surface area contributed by atoms with Crippen LogP contribution < -0.4 is 4.74 Å². The van der Waals surface area contributed by atoms with Gasteiger partial charge in [0.1, 0.15) is 12.2 Å². The van der Waals surface area contributed by atoms with Gasteiger partial charge in [-0.05, 0) is 11.6 Å². The van der Waals surface area contributed by atoms with Gasteiger partial charge < -0.3 is 14.9 Å². The molecule has 0 bridgehead atoms. The predicted octanol–water partition coefficient (Wildman–Crippen LogP) is 2.37. The Morgan fingerprint density at radius 1 is 1.15 bits per heavy atom. The van der Waals surface area contributed by atoms with Crippen LogP contribution in [0.25, 0.3) is 0 Å². The Kier molecular flexibility index (Phi) is 4.17. The highest BCUT2D eigenvalue weighted by atomic mass is 16.6. The molecule has 0 aliphatic rings. The first-order valence-electron chi connectivity index (χ1n) is 5.90. The maximum atomic E-state index is 10.8. The molecular formula is C14H13NO5. The van der Waals surface area contributed by atoms with Crippen LogP contribution in [-0.2, 0) is 13.2 Å². The lowest BCUT2D eigenvalue weighted by Crippen LogP contribution is -2.00. The summed E-state index contributed by atoms with van der Waals surface area (Å²) in [6.45, 7) is -0.415. The fourth-order valence-electron chi connectivity index (χ4n) is 1.78. The van der Waals surface area contributed by atoms with Crippen LogP contribution in [0.1, 0.15) is 11.1 Å². The van der Waals surface area contributed by atoms with E-state index >= 15 is 0 Å². The van der Waals surface area contributed by atoms with E-state index in [2.05, 4.69) is 0 Å². The molecule has 6 nitrogen and oxygen atoms in total. The van der Waals surface area contributed by atoms with Crippen LogP contribution in [0.4, 0.5) is 5.69 Å². The number of hydrogen-bond donors (Lipinski definition) is 2.